The predicted molar refractivity (Wildman–Crippen MR) is 104 cm³/mol. The Labute approximate surface area is 154 Å². The lowest BCUT2D eigenvalue weighted by Gasteiger charge is -2.03. The third-order valence-electron chi connectivity index (χ3n) is 2.03. The van der Waals surface area contributed by atoms with E-state index in [1.54, 1.807) is 0 Å². The van der Waals surface area contributed by atoms with Gasteiger partial charge in [-0.15, -0.1) is 0 Å². The average molecular weight is 415 g/mol. The van der Waals surface area contributed by atoms with Crippen LogP contribution < -0.4 is 0 Å². The quantitative estimate of drug-likeness (QED) is 0.359. The Morgan fingerprint density at radius 3 is 1.50 bits per heavy atom. The molecule has 1 aromatic carbocycles. The van der Waals surface area contributed by atoms with Crippen molar-refractivity contribution in [3.8, 4) is 0 Å². The minimum atomic E-state index is -0.0591. The van der Waals surface area contributed by atoms with Gasteiger partial charge in [0.1, 0.15) is 0 Å². The second kappa shape index (κ2) is 12.9. The summed E-state index contributed by atoms with van der Waals surface area (Å²) in [5.74, 6) is 1.51. The topological polar surface area (TPSA) is 52.6 Å². The largest absolute Gasteiger partial charge is 0.311 e. The highest BCUT2D eigenvalue weighted by Gasteiger charge is 2.06. The first kappa shape index (κ1) is 20.6. The molecule has 0 atom stereocenters. The lowest BCUT2D eigenvalue weighted by atomic mass is 10.2. The smallest absolute Gasteiger partial charge is 0.283 e. The van der Waals surface area contributed by atoms with Gasteiger partial charge in [0.2, 0.25) is 0 Å². The number of rotatable bonds is 8. The molecule has 0 bridgehead atoms. The molecule has 1 rings (SSSR count). The summed E-state index contributed by atoms with van der Waals surface area (Å²) in [5, 5.41) is 0. The van der Waals surface area contributed by atoms with Gasteiger partial charge in [-0.05, 0) is 32.7 Å². The number of benzene rings is 1. The molecule has 0 aliphatic heterocycles. The summed E-state index contributed by atoms with van der Waals surface area (Å²) < 4.78 is 9.26. The van der Waals surface area contributed by atoms with Gasteiger partial charge in [0.25, 0.3) is 8.89 Å². The van der Waals surface area contributed by atoms with Crippen LogP contribution in [0.5, 0.6) is 0 Å². The van der Waals surface area contributed by atoms with Crippen LogP contribution in [0.1, 0.15) is 11.1 Å². The summed E-state index contributed by atoms with van der Waals surface area (Å²) in [6, 6.07) is 8.14. The van der Waals surface area contributed by atoms with E-state index in [2.05, 4.69) is 8.37 Å². The zero-order valence-electron chi connectivity index (χ0n) is 11.8. The van der Waals surface area contributed by atoms with E-state index in [1.807, 2.05) is 24.3 Å². The summed E-state index contributed by atoms with van der Waals surface area (Å²) in [4.78, 5) is 22.5. The summed E-state index contributed by atoms with van der Waals surface area (Å²) in [7, 11) is 8.28. The molecule has 0 unspecified atom stereocenters. The molecule has 0 amide bonds. The highest BCUT2D eigenvalue weighted by Crippen LogP contribution is 2.33. The van der Waals surface area contributed by atoms with Crippen molar-refractivity contribution in [3.05, 3.63) is 35.4 Å². The van der Waals surface area contributed by atoms with E-state index in [0.29, 0.717) is 0 Å². The van der Waals surface area contributed by atoms with Crippen molar-refractivity contribution in [1.82, 2.24) is 0 Å². The molecule has 0 fully saturated rings. The summed E-state index contributed by atoms with van der Waals surface area (Å²) in [5.41, 5.74) is 2.31. The number of hydrogen-bond donors (Lipinski definition) is 0. The van der Waals surface area contributed by atoms with Gasteiger partial charge in [-0.1, -0.05) is 45.9 Å². The van der Waals surface area contributed by atoms with Gasteiger partial charge in [0, 0.05) is 11.5 Å². The lowest BCUT2D eigenvalue weighted by molar-refractivity contribution is 0.274. The van der Waals surface area contributed by atoms with Crippen molar-refractivity contribution < 1.29 is 18.0 Å². The summed E-state index contributed by atoms with van der Waals surface area (Å²) >= 11 is 1.69. The first-order valence-corrected chi connectivity index (χ1v) is 11.9. The van der Waals surface area contributed by atoms with E-state index in [1.165, 1.54) is 57.4 Å². The van der Waals surface area contributed by atoms with Gasteiger partial charge in [-0.25, -0.2) is 0 Å². The van der Waals surface area contributed by atoms with Gasteiger partial charge < -0.3 is 8.37 Å². The first-order valence-electron chi connectivity index (χ1n) is 5.81. The normalized spacial score (nSPS) is 10.6. The highest BCUT2D eigenvalue weighted by molar-refractivity contribution is 8.85. The van der Waals surface area contributed by atoms with E-state index in [9.17, 15) is 9.59 Å². The second-order valence-electron chi connectivity index (χ2n) is 3.51. The van der Waals surface area contributed by atoms with Crippen LogP contribution in [0.3, 0.4) is 0 Å². The molecule has 122 valence electrons. The maximum Gasteiger partial charge on any atom is 0.283 e. The molecule has 0 saturated carbocycles. The maximum absolute atomic E-state index is 11.2. The minimum absolute atomic E-state index is 0.0591. The van der Waals surface area contributed by atoms with Crippen LogP contribution in [0, 0.1) is 0 Å². The van der Waals surface area contributed by atoms with Crippen LogP contribution in [0.25, 0.3) is 0 Å². The molecule has 0 N–H and O–H groups in total. The van der Waals surface area contributed by atoms with Gasteiger partial charge in [0.15, 0.2) is 0 Å². The zero-order chi connectivity index (χ0) is 16.2. The molecule has 0 spiro atoms. The molecule has 0 radical (unpaired) electrons. The van der Waals surface area contributed by atoms with Crippen LogP contribution in [0.4, 0.5) is 9.59 Å². The molecule has 1 aromatic rings. The fourth-order valence-electron chi connectivity index (χ4n) is 1.19. The van der Waals surface area contributed by atoms with Crippen LogP contribution >= 0.6 is 67.3 Å². The van der Waals surface area contributed by atoms with Gasteiger partial charge in [-0.3, -0.25) is 9.59 Å². The lowest BCUT2D eigenvalue weighted by Crippen LogP contribution is -1.84. The van der Waals surface area contributed by atoms with Gasteiger partial charge in [-0.2, -0.15) is 0 Å². The molecule has 10 heteroatoms. The van der Waals surface area contributed by atoms with E-state index in [-0.39, 0.29) is 8.89 Å². The fourth-order valence-corrected chi connectivity index (χ4v) is 6.17. The van der Waals surface area contributed by atoms with Crippen molar-refractivity contribution >= 4 is 76.2 Å². The first-order chi connectivity index (χ1) is 10.7. The van der Waals surface area contributed by atoms with Gasteiger partial charge >= 0.3 is 0 Å². The molecular weight excluding hydrogens is 401 g/mol. The Hall–Kier alpha value is 0.580. The van der Waals surface area contributed by atoms with Crippen molar-refractivity contribution in [1.29, 1.82) is 0 Å². The summed E-state index contributed by atoms with van der Waals surface area (Å²) in [6.07, 6.45) is 0. The Morgan fingerprint density at radius 2 is 1.18 bits per heavy atom. The van der Waals surface area contributed by atoms with E-state index in [4.69, 9.17) is 0 Å². The monoisotopic (exact) mass is 414 g/mol. The molecule has 4 nitrogen and oxygen atoms in total. The molecule has 0 heterocycles. The Bertz CT molecular complexity index is 424. The Balaban J connectivity index is 2.25. The van der Waals surface area contributed by atoms with Crippen LogP contribution in [0.15, 0.2) is 24.3 Å². The average Bonchev–Trinajstić information content (AvgIpc) is 2.49. The molecule has 0 saturated heterocycles. The van der Waals surface area contributed by atoms with Crippen LogP contribution in [0.2, 0.25) is 0 Å². The second-order valence-corrected chi connectivity index (χ2v) is 10.3. The Morgan fingerprint density at radius 1 is 0.818 bits per heavy atom. The van der Waals surface area contributed by atoms with Crippen molar-refractivity contribution in [2.75, 3.05) is 14.2 Å². The SMILES string of the molecule is COSC(=O)SSCc1ccc(CSSC(=O)SOC)cc1. The number of carbonyl (C=O) groups is 2. The molecule has 22 heavy (non-hydrogen) atoms. The number of hydrogen-bond acceptors (Lipinski definition) is 10. The number of carbonyl (C=O) groups excluding carboxylic acids is 2. The molecule has 0 aliphatic rings. The van der Waals surface area contributed by atoms with Crippen LogP contribution in [-0.4, -0.2) is 23.1 Å². The molecule has 0 aliphatic carbocycles. The Kier molecular flexibility index (Phi) is 12.1. The van der Waals surface area contributed by atoms with Crippen LogP contribution in [-0.2, 0) is 19.9 Å². The molecular formula is C12H14O4S6. The van der Waals surface area contributed by atoms with Crippen molar-refractivity contribution in [3.63, 3.8) is 0 Å². The van der Waals surface area contributed by atoms with E-state index in [0.717, 1.165) is 46.7 Å². The van der Waals surface area contributed by atoms with Crippen molar-refractivity contribution in [2.45, 2.75) is 11.5 Å². The standard InChI is InChI=1S/C12H14O4S6/c1-15-19-11(13)21-17-7-9-3-5-10(6-4-9)8-18-22-12(14)20-16-2/h3-6H,7-8H2,1-2H3. The molecule has 0 aromatic heterocycles. The zero-order valence-corrected chi connectivity index (χ0v) is 16.7. The predicted octanol–water partition coefficient (Wildman–Crippen LogP) is 6.28. The minimum Gasteiger partial charge on any atom is -0.311 e. The highest BCUT2D eigenvalue weighted by atomic mass is 33.1. The fraction of sp³-hybridized carbons (Fsp3) is 0.333. The van der Waals surface area contributed by atoms with E-state index >= 15 is 0 Å². The van der Waals surface area contributed by atoms with Gasteiger partial charge in [0.05, 0.1) is 38.3 Å². The maximum atomic E-state index is 11.2. The third-order valence-corrected chi connectivity index (χ3v) is 7.91. The summed E-state index contributed by atoms with van der Waals surface area (Å²) in [6.45, 7) is 0. The van der Waals surface area contributed by atoms with Crippen molar-refractivity contribution in [2.24, 2.45) is 0 Å². The van der Waals surface area contributed by atoms with E-state index < -0.39 is 0 Å². The third kappa shape index (κ3) is 9.66.